The first-order valence-electron chi connectivity index (χ1n) is 5.49. The standard InChI is InChI=1S/C13H15BrN2O2/c1-8-15-13(14)12(16(8)2)9-5-10(17-3)7-11(6-9)18-4/h5-7H,1-4H3. The van der Waals surface area contributed by atoms with Crippen LogP contribution in [-0.4, -0.2) is 23.8 Å². The third-order valence-electron chi connectivity index (χ3n) is 2.90. The van der Waals surface area contributed by atoms with E-state index in [1.165, 1.54) is 0 Å². The molecule has 18 heavy (non-hydrogen) atoms. The Labute approximate surface area is 115 Å². The minimum absolute atomic E-state index is 0.759. The van der Waals surface area contributed by atoms with E-state index < -0.39 is 0 Å². The summed E-state index contributed by atoms with van der Waals surface area (Å²) < 4.78 is 13.4. The summed E-state index contributed by atoms with van der Waals surface area (Å²) in [5.41, 5.74) is 2.01. The van der Waals surface area contributed by atoms with Crippen molar-refractivity contribution in [2.75, 3.05) is 14.2 Å². The Kier molecular flexibility index (Phi) is 3.61. The quantitative estimate of drug-likeness (QED) is 0.873. The SMILES string of the molecule is COc1cc(OC)cc(-c2c(Br)nc(C)n2C)c1. The summed E-state index contributed by atoms with van der Waals surface area (Å²) in [6.07, 6.45) is 0. The van der Waals surface area contributed by atoms with Crippen LogP contribution >= 0.6 is 15.9 Å². The van der Waals surface area contributed by atoms with Crippen LogP contribution in [0.3, 0.4) is 0 Å². The van der Waals surface area contributed by atoms with Gasteiger partial charge in [-0.25, -0.2) is 4.98 Å². The minimum Gasteiger partial charge on any atom is -0.497 e. The van der Waals surface area contributed by atoms with Gasteiger partial charge in [0.1, 0.15) is 21.9 Å². The van der Waals surface area contributed by atoms with Crippen LogP contribution in [0.25, 0.3) is 11.3 Å². The topological polar surface area (TPSA) is 36.3 Å². The molecule has 0 fully saturated rings. The number of ether oxygens (including phenoxy) is 2. The molecule has 0 N–H and O–H groups in total. The highest BCUT2D eigenvalue weighted by molar-refractivity contribution is 9.10. The summed E-state index contributed by atoms with van der Waals surface area (Å²) in [5, 5.41) is 0. The lowest BCUT2D eigenvalue weighted by molar-refractivity contribution is 0.394. The molecule has 0 saturated carbocycles. The van der Waals surface area contributed by atoms with Crippen molar-refractivity contribution in [1.29, 1.82) is 0 Å². The lowest BCUT2D eigenvalue weighted by atomic mass is 10.1. The average molecular weight is 311 g/mol. The van der Waals surface area contributed by atoms with E-state index in [0.29, 0.717) is 0 Å². The maximum absolute atomic E-state index is 5.28. The fraction of sp³-hybridized carbons (Fsp3) is 0.308. The molecule has 2 rings (SSSR count). The molecular formula is C13H15BrN2O2. The first kappa shape index (κ1) is 13.0. The summed E-state index contributed by atoms with van der Waals surface area (Å²) >= 11 is 3.48. The van der Waals surface area contributed by atoms with Crippen LogP contribution < -0.4 is 9.47 Å². The summed E-state index contributed by atoms with van der Waals surface area (Å²) in [7, 11) is 5.26. The second kappa shape index (κ2) is 5.02. The average Bonchev–Trinajstić information content (AvgIpc) is 2.62. The molecule has 0 aliphatic heterocycles. The fourth-order valence-electron chi connectivity index (χ4n) is 1.83. The van der Waals surface area contributed by atoms with E-state index in [0.717, 1.165) is 33.2 Å². The van der Waals surface area contributed by atoms with E-state index in [-0.39, 0.29) is 0 Å². The summed E-state index contributed by atoms with van der Waals surface area (Å²) in [4.78, 5) is 4.40. The lowest BCUT2D eigenvalue weighted by Crippen LogP contribution is -1.96. The number of methoxy groups -OCH3 is 2. The van der Waals surface area contributed by atoms with Crippen LogP contribution in [0, 0.1) is 6.92 Å². The molecule has 4 nitrogen and oxygen atoms in total. The molecular weight excluding hydrogens is 296 g/mol. The minimum atomic E-state index is 0.759. The number of halogens is 1. The van der Waals surface area contributed by atoms with Crippen LogP contribution in [0.4, 0.5) is 0 Å². The van der Waals surface area contributed by atoms with Crippen molar-refractivity contribution in [3.8, 4) is 22.8 Å². The van der Waals surface area contributed by atoms with E-state index in [9.17, 15) is 0 Å². The highest BCUT2D eigenvalue weighted by Gasteiger charge is 2.14. The third-order valence-corrected chi connectivity index (χ3v) is 3.45. The van der Waals surface area contributed by atoms with Crippen LogP contribution in [-0.2, 0) is 7.05 Å². The van der Waals surface area contributed by atoms with Gasteiger partial charge in [0.25, 0.3) is 0 Å². The van der Waals surface area contributed by atoms with Gasteiger partial charge in [-0.2, -0.15) is 0 Å². The Morgan fingerprint density at radius 3 is 2.06 bits per heavy atom. The van der Waals surface area contributed by atoms with Gasteiger partial charge >= 0.3 is 0 Å². The third kappa shape index (κ3) is 2.22. The molecule has 1 heterocycles. The molecule has 0 radical (unpaired) electrons. The van der Waals surface area contributed by atoms with Crippen molar-refractivity contribution in [3.05, 3.63) is 28.6 Å². The Hall–Kier alpha value is -1.49. The molecule has 5 heteroatoms. The molecule has 1 aromatic carbocycles. The zero-order valence-corrected chi connectivity index (χ0v) is 12.4. The number of rotatable bonds is 3. The van der Waals surface area contributed by atoms with E-state index in [1.54, 1.807) is 14.2 Å². The van der Waals surface area contributed by atoms with E-state index in [4.69, 9.17) is 9.47 Å². The van der Waals surface area contributed by atoms with Crippen LogP contribution in [0.2, 0.25) is 0 Å². The number of hydrogen-bond donors (Lipinski definition) is 0. The van der Waals surface area contributed by atoms with Crippen LogP contribution in [0.15, 0.2) is 22.8 Å². The second-order valence-electron chi connectivity index (χ2n) is 3.96. The number of hydrogen-bond acceptors (Lipinski definition) is 3. The van der Waals surface area contributed by atoms with E-state index >= 15 is 0 Å². The largest absolute Gasteiger partial charge is 0.497 e. The molecule has 2 aromatic rings. The number of nitrogens with zero attached hydrogens (tertiary/aromatic N) is 2. The van der Waals surface area contributed by atoms with Gasteiger partial charge in [-0.15, -0.1) is 0 Å². The molecule has 0 atom stereocenters. The predicted molar refractivity (Wildman–Crippen MR) is 74.2 cm³/mol. The molecule has 0 aliphatic carbocycles. The maximum atomic E-state index is 5.28. The van der Waals surface area contributed by atoms with Gasteiger partial charge in [0.05, 0.1) is 19.9 Å². The Morgan fingerprint density at radius 1 is 1.11 bits per heavy atom. The number of aryl methyl sites for hydroxylation is 1. The molecule has 0 saturated heterocycles. The van der Waals surface area contributed by atoms with E-state index in [1.807, 2.05) is 36.7 Å². The molecule has 1 aromatic heterocycles. The Balaban J connectivity index is 2.62. The fourth-order valence-corrected chi connectivity index (χ4v) is 2.58. The smallest absolute Gasteiger partial charge is 0.132 e. The summed E-state index contributed by atoms with van der Waals surface area (Å²) in [6.45, 7) is 1.96. The monoisotopic (exact) mass is 310 g/mol. The van der Waals surface area contributed by atoms with Crippen LogP contribution in [0.5, 0.6) is 11.5 Å². The van der Waals surface area contributed by atoms with Crippen molar-refractivity contribution in [1.82, 2.24) is 9.55 Å². The molecule has 0 bridgehead atoms. The van der Waals surface area contributed by atoms with Gasteiger partial charge in [-0.05, 0) is 35.0 Å². The van der Waals surface area contributed by atoms with Gasteiger partial charge in [0, 0.05) is 18.7 Å². The maximum Gasteiger partial charge on any atom is 0.132 e. The Morgan fingerprint density at radius 2 is 1.67 bits per heavy atom. The van der Waals surface area contributed by atoms with Crippen LogP contribution in [0.1, 0.15) is 5.82 Å². The predicted octanol–water partition coefficient (Wildman–Crippen LogP) is 3.18. The lowest BCUT2D eigenvalue weighted by Gasteiger charge is -2.09. The summed E-state index contributed by atoms with van der Waals surface area (Å²) in [6, 6.07) is 5.77. The van der Waals surface area contributed by atoms with Gasteiger partial charge in [-0.3, -0.25) is 0 Å². The first-order valence-corrected chi connectivity index (χ1v) is 6.28. The normalized spacial score (nSPS) is 10.5. The molecule has 0 spiro atoms. The number of aromatic nitrogens is 2. The molecule has 96 valence electrons. The van der Waals surface area contributed by atoms with Crippen molar-refractivity contribution >= 4 is 15.9 Å². The van der Waals surface area contributed by atoms with Crippen molar-refractivity contribution in [2.24, 2.45) is 7.05 Å². The van der Waals surface area contributed by atoms with Crippen molar-refractivity contribution in [3.63, 3.8) is 0 Å². The Bertz CT molecular complexity index is 556. The number of imidazole rings is 1. The van der Waals surface area contributed by atoms with Gasteiger partial charge < -0.3 is 14.0 Å². The second-order valence-corrected chi connectivity index (χ2v) is 4.71. The summed E-state index contributed by atoms with van der Waals surface area (Å²) in [5.74, 6) is 2.46. The van der Waals surface area contributed by atoms with E-state index in [2.05, 4.69) is 20.9 Å². The van der Waals surface area contributed by atoms with Gasteiger partial charge in [0.2, 0.25) is 0 Å². The highest BCUT2D eigenvalue weighted by Crippen LogP contribution is 2.33. The van der Waals surface area contributed by atoms with Crippen molar-refractivity contribution < 1.29 is 9.47 Å². The van der Waals surface area contributed by atoms with Crippen molar-refractivity contribution in [2.45, 2.75) is 6.92 Å². The zero-order valence-electron chi connectivity index (χ0n) is 10.8. The van der Waals surface area contributed by atoms with Gasteiger partial charge in [0.15, 0.2) is 0 Å². The molecule has 0 aliphatic rings. The highest BCUT2D eigenvalue weighted by atomic mass is 79.9. The first-order chi connectivity index (χ1) is 8.56. The molecule has 0 amide bonds. The number of benzene rings is 1. The molecule has 0 unspecified atom stereocenters. The van der Waals surface area contributed by atoms with Gasteiger partial charge in [-0.1, -0.05) is 0 Å². The zero-order chi connectivity index (χ0) is 13.3.